The molecule has 12 nitrogen and oxygen atoms in total. The zero-order chi connectivity index (χ0) is 28.9. The SMILES string of the molecule is CCOc1ccccc1-c1ccc(N2CCN(C(=O)O)C[C@H]2CC)c(CNS(=O)(=O)c2ccccc2[N+](=O)[O-])n1. The number of carbonyl (C=O) groups is 1. The number of piperazine rings is 1. The first-order valence-corrected chi connectivity index (χ1v) is 14.3. The van der Waals surface area contributed by atoms with E-state index in [-0.39, 0.29) is 19.1 Å². The van der Waals surface area contributed by atoms with Crippen molar-refractivity contribution in [1.82, 2.24) is 14.6 Å². The lowest BCUT2D eigenvalue weighted by atomic mass is 10.1. The van der Waals surface area contributed by atoms with Crippen LogP contribution in [0.5, 0.6) is 5.75 Å². The van der Waals surface area contributed by atoms with Gasteiger partial charge in [-0.3, -0.25) is 10.1 Å². The number of nitro groups is 1. The van der Waals surface area contributed by atoms with E-state index in [1.54, 1.807) is 0 Å². The second-order valence-electron chi connectivity index (χ2n) is 9.12. The molecule has 4 rings (SSSR count). The molecule has 0 spiro atoms. The summed E-state index contributed by atoms with van der Waals surface area (Å²) in [4.78, 5) is 30.1. The van der Waals surface area contributed by atoms with Crippen LogP contribution >= 0.6 is 0 Å². The summed E-state index contributed by atoms with van der Waals surface area (Å²) in [5.74, 6) is 0.623. The van der Waals surface area contributed by atoms with Gasteiger partial charge in [0.25, 0.3) is 5.69 Å². The highest BCUT2D eigenvalue weighted by Crippen LogP contribution is 2.33. The Morgan fingerprint density at radius 1 is 1.12 bits per heavy atom. The zero-order valence-corrected chi connectivity index (χ0v) is 23.0. The molecule has 0 saturated carbocycles. The molecule has 1 aliphatic rings. The lowest BCUT2D eigenvalue weighted by molar-refractivity contribution is -0.387. The fourth-order valence-corrected chi connectivity index (χ4v) is 5.93. The molecule has 2 N–H and O–H groups in total. The Balaban J connectivity index is 1.75. The summed E-state index contributed by atoms with van der Waals surface area (Å²) >= 11 is 0. The molecule has 1 fully saturated rings. The first kappa shape index (κ1) is 28.8. The summed E-state index contributed by atoms with van der Waals surface area (Å²) < 4.78 is 34.7. The first-order valence-electron chi connectivity index (χ1n) is 12.9. The molecule has 0 aliphatic carbocycles. The summed E-state index contributed by atoms with van der Waals surface area (Å²) in [6, 6.07) is 16.0. The molecule has 1 atom stereocenters. The van der Waals surface area contributed by atoms with Gasteiger partial charge in [-0.25, -0.2) is 22.9 Å². The summed E-state index contributed by atoms with van der Waals surface area (Å²) in [7, 11) is -4.28. The monoisotopic (exact) mass is 569 g/mol. The minimum Gasteiger partial charge on any atom is -0.493 e. The summed E-state index contributed by atoms with van der Waals surface area (Å²) in [5.41, 5.74) is 1.80. The van der Waals surface area contributed by atoms with Crippen molar-refractivity contribution in [3.8, 4) is 17.0 Å². The normalized spacial score (nSPS) is 15.6. The van der Waals surface area contributed by atoms with Gasteiger partial charge in [0, 0.05) is 37.3 Å². The summed E-state index contributed by atoms with van der Waals surface area (Å²) in [5, 5.41) is 21.0. The number of benzene rings is 2. The van der Waals surface area contributed by atoms with Crippen LogP contribution in [-0.2, 0) is 16.6 Å². The van der Waals surface area contributed by atoms with Crippen LogP contribution in [-0.4, -0.2) is 66.7 Å². The van der Waals surface area contributed by atoms with Crippen molar-refractivity contribution in [2.45, 2.75) is 37.8 Å². The molecule has 212 valence electrons. The van der Waals surface area contributed by atoms with Crippen LogP contribution < -0.4 is 14.4 Å². The molecule has 1 aliphatic heterocycles. The second kappa shape index (κ2) is 12.3. The van der Waals surface area contributed by atoms with Gasteiger partial charge in [-0.1, -0.05) is 31.2 Å². The van der Waals surface area contributed by atoms with E-state index in [4.69, 9.17) is 9.72 Å². The zero-order valence-electron chi connectivity index (χ0n) is 22.2. The van der Waals surface area contributed by atoms with E-state index >= 15 is 0 Å². The first-order chi connectivity index (χ1) is 19.2. The summed E-state index contributed by atoms with van der Waals surface area (Å²) in [6.07, 6.45) is -0.336. The Bertz CT molecular complexity index is 1500. The maximum Gasteiger partial charge on any atom is 0.407 e. The highest BCUT2D eigenvalue weighted by Gasteiger charge is 2.31. The van der Waals surface area contributed by atoms with E-state index < -0.39 is 31.6 Å². The highest BCUT2D eigenvalue weighted by atomic mass is 32.2. The third-order valence-corrected chi connectivity index (χ3v) is 8.18. The molecule has 1 amide bonds. The number of nitro benzene ring substituents is 1. The number of hydrogen-bond donors (Lipinski definition) is 2. The van der Waals surface area contributed by atoms with Gasteiger partial charge in [-0.15, -0.1) is 0 Å². The third-order valence-electron chi connectivity index (χ3n) is 6.73. The van der Waals surface area contributed by atoms with Crippen molar-refractivity contribution in [2.24, 2.45) is 0 Å². The van der Waals surface area contributed by atoms with Crippen molar-refractivity contribution in [3.05, 3.63) is 76.5 Å². The molecule has 0 bridgehead atoms. The van der Waals surface area contributed by atoms with Crippen LogP contribution in [0.25, 0.3) is 11.3 Å². The number of rotatable bonds is 10. The number of aromatic nitrogens is 1. The minimum atomic E-state index is -4.28. The second-order valence-corrected chi connectivity index (χ2v) is 10.9. The van der Waals surface area contributed by atoms with E-state index in [1.807, 2.05) is 55.1 Å². The van der Waals surface area contributed by atoms with Gasteiger partial charge in [0.2, 0.25) is 10.0 Å². The number of amides is 1. The van der Waals surface area contributed by atoms with E-state index in [9.17, 15) is 28.4 Å². The Kier molecular flexibility index (Phi) is 8.85. The molecular formula is C27H31N5O7S. The van der Waals surface area contributed by atoms with Crippen LogP contribution in [0.4, 0.5) is 16.2 Å². The van der Waals surface area contributed by atoms with Crippen molar-refractivity contribution in [3.63, 3.8) is 0 Å². The number of nitrogens with one attached hydrogen (secondary N) is 1. The molecule has 0 radical (unpaired) electrons. The van der Waals surface area contributed by atoms with E-state index in [0.717, 1.165) is 11.6 Å². The lowest BCUT2D eigenvalue weighted by Crippen LogP contribution is -2.54. The van der Waals surface area contributed by atoms with Crippen LogP contribution in [0, 0.1) is 10.1 Å². The quantitative estimate of drug-likeness (QED) is 0.271. The maximum atomic E-state index is 13.2. The molecule has 3 aromatic rings. The van der Waals surface area contributed by atoms with E-state index in [1.165, 1.54) is 23.1 Å². The standard InChI is InChI=1S/C27H31N5O7S/c1-3-19-18-30(27(33)34)15-16-31(19)23-14-13-21(20-9-5-7-11-25(20)39-4-2)29-22(23)17-28-40(37,38)26-12-8-6-10-24(26)32(35)36/h5-14,19,28H,3-4,15-18H2,1-2H3,(H,33,34)/t19-/m1/s1. The number of ether oxygens (including phenoxy) is 1. The number of anilines is 1. The van der Waals surface area contributed by atoms with E-state index in [2.05, 4.69) is 4.72 Å². The Morgan fingerprint density at radius 3 is 2.55 bits per heavy atom. The number of pyridine rings is 1. The van der Waals surface area contributed by atoms with Crippen LogP contribution in [0.15, 0.2) is 65.6 Å². The number of sulfonamides is 1. The topological polar surface area (TPSA) is 155 Å². The number of para-hydroxylation sites is 2. The molecule has 13 heteroatoms. The van der Waals surface area contributed by atoms with Gasteiger partial charge < -0.3 is 19.6 Å². The minimum absolute atomic E-state index is 0.154. The molecular weight excluding hydrogens is 538 g/mol. The predicted molar refractivity (Wildman–Crippen MR) is 149 cm³/mol. The van der Waals surface area contributed by atoms with Crippen molar-refractivity contribution < 1.29 is 28.0 Å². The number of hydrogen-bond acceptors (Lipinski definition) is 8. The molecule has 1 saturated heterocycles. The maximum absolute atomic E-state index is 13.2. The number of nitrogens with zero attached hydrogens (tertiary/aromatic N) is 4. The molecule has 0 unspecified atom stereocenters. The molecule has 2 aromatic carbocycles. The van der Waals surface area contributed by atoms with Crippen molar-refractivity contribution in [1.29, 1.82) is 0 Å². The van der Waals surface area contributed by atoms with Gasteiger partial charge >= 0.3 is 6.09 Å². The average molecular weight is 570 g/mol. The van der Waals surface area contributed by atoms with Crippen LogP contribution in [0.3, 0.4) is 0 Å². The lowest BCUT2D eigenvalue weighted by Gasteiger charge is -2.42. The number of carboxylic acid groups (broad SMARTS) is 1. The Hall–Kier alpha value is -4.23. The van der Waals surface area contributed by atoms with Crippen LogP contribution in [0.1, 0.15) is 26.0 Å². The molecule has 40 heavy (non-hydrogen) atoms. The summed E-state index contributed by atoms with van der Waals surface area (Å²) in [6.45, 7) is 5.00. The van der Waals surface area contributed by atoms with Gasteiger partial charge in [0.15, 0.2) is 4.90 Å². The average Bonchev–Trinajstić information content (AvgIpc) is 2.96. The van der Waals surface area contributed by atoms with Crippen LogP contribution in [0.2, 0.25) is 0 Å². The van der Waals surface area contributed by atoms with Gasteiger partial charge in [-0.05, 0) is 43.7 Å². The fraction of sp³-hybridized carbons (Fsp3) is 0.333. The Labute approximate surface area is 232 Å². The molecule has 1 aromatic heterocycles. The predicted octanol–water partition coefficient (Wildman–Crippen LogP) is 4.11. The van der Waals surface area contributed by atoms with Crippen molar-refractivity contribution >= 4 is 27.5 Å². The van der Waals surface area contributed by atoms with Gasteiger partial charge in [-0.2, -0.15) is 0 Å². The van der Waals surface area contributed by atoms with Gasteiger partial charge in [0.1, 0.15) is 5.75 Å². The third kappa shape index (κ3) is 6.15. The van der Waals surface area contributed by atoms with E-state index in [0.29, 0.717) is 48.9 Å². The largest absolute Gasteiger partial charge is 0.493 e. The Morgan fingerprint density at radius 2 is 1.85 bits per heavy atom. The van der Waals surface area contributed by atoms with Crippen molar-refractivity contribution in [2.75, 3.05) is 31.1 Å². The highest BCUT2D eigenvalue weighted by molar-refractivity contribution is 7.89. The smallest absolute Gasteiger partial charge is 0.407 e. The molecule has 2 heterocycles. The fourth-order valence-electron chi connectivity index (χ4n) is 4.77. The van der Waals surface area contributed by atoms with Gasteiger partial charge in [0.05, 0.1) is 35.2 Å².